The van der Waals surface area contributed by atoms with Crippen molar-refractivity contribution >= 4 is 70.0 Å². The first-order valence-corrected chi connectivity index (χ1v) is 7.98. The molecule has 0 amide bonds. The number of rotatable bonds is 3. The third-order valence-corrected chi connectivity index (χ3v) is 4.60. The Bertz CT molecular complexity index is 434. The Hall–Kier alpha value is 0.910. The highest BCUT2D eigenvalue weighted by Gasteiger charge is 2.25. The van der Waals surface area contributed by atoms with Crippen LogP contribution in [0.3, 0.4) is 0 Å². The van der Waals surface area contributed by atoms with Crippen molar-refractivity contribution in [2.24, 2.45) is 0 Å². The minimum atomic E-state index is -0.469. The van der Waals surface area contributed by atoms with E-state index in [4.69, 9.17) is 0 Å². The Morgan fingerprint density at radius 1 is 1.25 bits per heavy atom. The molecule has 0 spiro atoms. The van der Waals surface area contributed by atoms with E-state index in [-0.39, 0.29) is 36.6 Å². The highest BCUT2D eigenvalue weighted by molar-refractivity contribution is 14.1. The van der Waals surface area contributed by atoms with Gasteiger partial charge in [0.2, 0.25) is 0 Å². The lowest BCUT2D eigenvalue weighted by Crippen LogP contribution is -2.45. The lowest BCUT2D eigenvalue weighted by molar-refractivity contribution is 0.145. The van der Waals surface area contributed by atoms with E-state index in [1.54, 1.807) is 0 Å². The molecule has 0 radical (unpaired) electrons. The fourth-order valence-corrected chi connectivity index (χ4v) is 4.10. The van der Waals surface area contributed by atoms with Gasteiger partial charge in [-0.15, -0.1) is 24.8 Å². The van der Waals surface area contributed by atoms with E-state index in [1.165, 1.54) is 0 Å². The highest BCUT2D eigenvalue weighted by atomic mass is 127. The summed E-state index contributed by atoms with van der Waals surface area (Å²) in [5.74, 6) is 0.220. The van der Waals surface area contributed by atoms with Crippen molar-refractivity contribution < 1.29 is 9.50 Å². The first-order chi connectivity index (χ1) is 8.63. The van der Waals surface area contributed by atoms with Gasteiger partial charge in [-0.3, -0.25) is 4.90 Å². The second kappa shape index (κ2) is 9.83. The standard InChI is InChI=1S/C12H15FI2N2O.2ClH/c13-7-11(17-3-1-16-2-4-17)9-5-8(14)6-10(15)12(9)18;;/h5-6,11,16,18H,1-4,7H2;2*1H/t11-;;/m1../s1. The topological polar surface area (TPSA) is 35.5 Å². The van der Waals surface area contributed by atoms with E-state index < -0.39 is 6.67 Å². The largest absolute Gasteiger partial charge is 0.506 e. The average Bonchev–Trinajstić information content (AvgIpc) is 2.37. The molecule has 0 unspecified atom stereocenters. The van der Waals surface area contributed by atoms with Crippen molar-refractivity contribution in [1.29, 1.82) is 0 Å². The molecular formula is C12H17Cl2FI2N2O. The number of aromatic hydroxyl groups is 1. The van der Waals surface area contributed by atoms with Gasteiger partial charge in [0.1, 0.15) is 12.4 Å². The number of hydrogen-bond acceptors (Lipinski definition) is 3. The number of nitrogens with zero attached hydrogens (tertiary/aromatic N) is 1. The molecule has 0 saturated carbocycles. The van der Waals surface area contributed by atoms with Crippen molar-refractivity contribution in [1.82, 2.24) is 10.2 Å². The van der Waals surface area contributed by atoms with Gasteiger partial charge in [-0.2, -0.15) is 0 Å². The molecular weight excluding hydrogens is 532 g/mol. The predicted octanol–water partition coefficient (Wildman–Crippen LogP) is 3.36. The minimum absolute atomic E-state index is 0. The SMILES string of the molecule is Cl.Cl.Oc1c(I)cc(I)cc1[C@@H](CF)N1CCNCC1. The maximum absolute atomic E-state index is 13.4. The van der Waals surface area contributed by atoms with Crippen molar-refractivity contribution in [3.05, 3.63) is 24.8 Å². The van der Waals surface area contributed by atoms with Gasteiger partial charge >= 0.3 is 0 Å². The number of phenolic OH excluding ortho intramolecular Hbond substituents is 1. The highest BCUT2D eigenvalue weighted by Crippen LogP contribution is 2.34. The van der Waals surface area contributed by atoms with Gasteiger partial charge in [-0.05, 0) is 57.3 Å². The summed E-state index contributed by atoms with van der Waals surface area (Å²) in [6.07, 6.45) is 0. The van der Waals surface area contributed by atoms with Gasteiger partial charge < -0.3 is 10.4 Å². The van der Waals surface area contributed by atoms with E-state index >= 15 is 0 Å². The average molecular weight is 549 g/mol. The molecule has 0 bridgehead atoms. The number of halogens is 5. The lowest BCUT2D eigenvalue weighted by Gasteiger charge is -2.34. The van der Waals surface area contributed by atoms with Crippen LogP contribution in [0, 0.1) is 7.14 Å². The molecule has 1 heterocycles. The number of nitrogens with one attached hydrogen (secondary N) is 1. The normalized spacial score (nSPS) is 16.9. The zero-order valence-corrected chi connectivity index (χ0v) is 16.6. The van der Waals surface area contributed by atoms with Gasteiger partial charge in [-0.25, -0.2) is 4.39 Å². The molecule has 1 atom stereocenters. The Balaban J connectivity index is 0.00000180. The number of alkyl halides is 1. The van der Waals surface area contributed by atoms with Crippen LogP contribution < -0.4 is 5.32 Å². The molecule has 20 heavy (non-hydrogen) atoms. The van der Waals surface area contributed by atoms with Crippen LogP contribution in [0.25, 0.3) is 0 Å². The fourth-order valence-electron chi connectivity index (χ4n) is 2.21. The lowest BCUT2D eigenvalue weighted by atomic mass is 10.0. The zero-order chi connectivity index (χ0) is 13.1. The summed E-state index contributed by atoms with van der Waals surface area (Å²) in [5, 5.41) is 13.4. The third-order valence-electron chi connectivity index (χ3n) is 3.16. The van der Waals surface area contributed by atoms with E-state index in [1.807, 2.05) is 12.1 Å². The number of piperazine rings is 1. The first-order valence-electron chi connectivity index (χ1n) is 5.82. The second-order valence-corrected chi connectivity index (χ2v) is 6.69. The molecule has 1 aliphatic heterocycles. The molecule has 1 aromatic rings. The number of benzene rings is 1. The summed E-state index contributed by atoms with van der Waals surface area (Å²) < 4.78 is 15.2. The van der Waals surface area contributed by atoms with Crippen LogP contribution in [-0.2, 0) is 0 Å². The van der Waals surface area contributed by atoms with Crippen LogP contribution in [0.2, 0.25) is 0 Å². The van der Waals surface area contributed by atoms with Crippen LogP contribution in [0.15, 0.2) is 12.1 Å². The van der Waals surface area contributed by atoms with Crippen molar-refractivity contribution in [3.63, 3.8) is 0 Å². The van der Waals surface area contributed by atoms with Gasteiger partial charge in [0.25, 0.3) is 0 Å². The smallest absolute Gasteiger partial charge is 0.133 e. The quantitative estimate of drug-likeness (QED) is 0.569. The van der Waals surface area contributed by atoms with Crippen LogP contribution >= 0.6 is 70.0 Å². The zero-order valence-electron chi connectivity index (χ0n) is 10.6. The maximum atomic E-state index is 13.4. The van der Waals surface area contributed by atoms with Crippen molar-refractivity contribution in [2.75, 3.05) is 32.9 Å². The maximum Gasteiger partial charge on any atom is 0.133 e. The summed E-state index contributed by atoms with van der Waals surface area (Å²) >= 11 is 4.29. The van der Waals surface area contributed by atoms with Gasteiger partial charge in [-0.1, -0.05) is 0 Å². The van der Waals surface area contributed by atoms with E-state index in [0.717, 1.165) is 33.3 Å². The van der Waals surface area contributed by atoms with Gasteiger partial charge in [0, 0.05) is 35.3 Å². The second-order valence-electron chi connectivity index (χ2n) is 4.28. The van der Waals surface area contributed by atoms with Crippen molar-refractivity contribution in [3.8, 4) is 5.75 Å². The molecule has 0 aliphatic carbocycles. The van der Waals surface area contributed by atoms with Gasteiger partial charge in [0.05, 0.1) is 9.61 Å². The summed E-state index contributed by atoms with van der Waals surface area (Å²) in [5.41, 5.74) is 0.704. The molecule has 1 aromatic carbocycles. The van der Waals surface area contributed by atoms with E-state index in [9.17, 15) is 9.50 Å². The minimum Gasteiger partial charge on any atom is -0.506 e. The molecule has 8 heteroatoms. The molecule has 1 aliphatic rings. The van der Waals surface area contributed by atoms with Crippen molar-refractivity contribution in [2.45, 2.75) is 6.04 Å². The Morgan fingerprint density at radius 2 is 1.85 bits per heavy atom. The Kier molecular flexibility index (Phi) is 10.3. The Morgan fingerprint density at radius 3 is 2.40 bits per heavy atom. The molecule has 3 nitrogen and oxygen atoms in total. The molecule has 116 valence electrons. The monoisotopic (exact) mass is 548 g/mol. The van der Waals surface area contributed by atoms with Crippen LogP contribution in [0.1, 0.15) is 11.6 Å². The van der Waals surface area contributed by atoms with Crippen LogP contribution in [-0.4, -0.2) is 42.9 Å². The molecule has 2 rings (SSSR count). The molecule has 1 saturated heterocycles. The molecule has 2 N–H and O–H groups in total. The van der Waals surface area contributed by atoms with E-state index in [0.29, 0.717) is 5.56 Å². The summed E-state index contributed by atoms with van der Waals surface area (Å²) in [6, 6.07) is 3.44. The fraction of sp³-hybridized carbons (Fsp3) is 0.500. The summed E-state index contributed by atoms with van der Waals surface area (Å²) in [7, 11) is 0. The Labute approximate surface area is 158 Å². The summed E-state index contributed by atoms with van der Waals surface area (Å²) in [6.45, 7) is 2.91. The van der Waals surface area contributed by atoms with Crippen LogP contribution in [0.5, 0.6) is 5.75 Å². The first kappa shape index (κ1) is 20.9. The van der Waals surface area contributed by atoms with E-state index in [2.05, 4.69) is 55.4 Å². The molecule has 0 aromatic heterocycles. The molecule has 1 fully saturated rings. The van der Waals surface area contributed by atoms with Gasteiger partial charge in [0.15, 0.2) is 0 Å². The van der Waals surface area contributed by atoms with Crippen LogP contribution in [0.4, 0.5) is 4.39 Å². The third kappa shape index (κ3) is 4.98. The number of phenols is 1. The number of hydrogen-bond donors (Lipinski definition) is 2. The predicted molar refractivity (Wildman–Crippen MR) is 101 cm³/mol. The summed E-state index contributed by atoms with van der Waals surface area (Å²) in [4.78, 5) is 2.09.